The van der Waals surface area contributed by atoms with Gasteiger partial charge >= 0.3 is 21.1 Å². The second-order valence-electron chi connectivity index (χ2n) is 20.9. The molecule has 0 aliphatic rings. The number of imidazole rings is 1. The maximum absolute atomic E-state index is 5.76. The van der Waals surface area contributed by atoms with Gasteiger partial charge in [0.2, 0.25) is 0 Å². The fourth-order valence-electron chi connectivity index (χ4n) is 11.2. The summed E-state index contributed by atoms with van der Waals surface area (Å²) in [6, 6.07) is 63.4. The van der Waals surface area contributed by atoms with Gasteiger partial charge in [0, 0.05) is 28.4 Å². The van der Waals surface area contributed by atoms with E-state index in [9.17, 15) is 0 Å². The summed E-state index contributed by atoms with van der Waals surface area (Å²) in [7, 11) is 0. The molecule has 0 fully saturated rings. The van der Waals surface area contributed by atoms with E-state index in [1.807, 2.05) is 6.20 Å². The van der Waals surface area contributed by atoms with Crippen molar-refractivity contribution in [2.24, 2.45) is 0 Å². The number of hydrogen-bond acceptors (Lipinski definition) is 2. The molecule has 12 rings (SSSR count). The molecule has 0 aliphatic heterocycles. The average Bonchev–Trinajstić information content (AvgIpc) is 4.03. The van der Waals surface area contributed by atoms with Crippen molar-refractivity contribution in [2.75, 3.05) is 0 Å². The van der Waals surface area contributed by atoms with Crippen LogP contribution in [0.15, 0.2) is 170 Å². The van der Waals surface area contributed by atoms with E-state index in [0.717, 1.165) is 83.5 Å². The number of nitrogens with zero attached hydrogens (tertiary/aromatic N) is 5. The predicted octanol–water partition coefficient (Wildman–Crippen LogP) is 16.4. The first-order chi connectivity index (χ1) is 33.7. The molecule has 0 amide bonds. The van der Waals surface area contributed by atoms with Crippen molar-refractivity contribution in [1.29, 1.82) is 0 Å². The van der Waals surface area contributed by atoms with Crippen LogP contribution in [0.1, 0.15) is 73.6 Å². The molecular formula is C65H55N5Pt. The first-order valence-corrected chi connectivity index (χ1v) is 24.4. The van der Waals surface area contributed by atoms with Crippen LogP contribution in [0.5, 0.6) is 0 Å². The number of fused-ring (bicyclic) bond motifs is 7. The van der Waals surface area contributed by atoms with Gasteiger partial charge in [-0.2, -0.15) is 0 Å². The number of benzene rings is 8. The zero-order valence-corrected chi connectivity index (χ0v) is 44.0. The Morgan fingerprint density at radius 3 is 2.04 bits per heavy atom. The van der Waals surface area contributed by atoms with Crippen molar-refractivity contribution >= 4 is 54.6 Å². The molecule has 350 valence electrons. The minimum atomic E-state index is -0.270. The molecule has 6 heteroatoms. The number of pyridine rings is 1. The van der Waals surface area contributed by atoms with Crippen molar-refractivity contribution in [3.63, 3.8) is 0 Å². The van der Waals surface area contributed by atoms with Crippen molar-refractivity contribution in [1.82, 2.24) is 24.1 Å². The Morgan fingerprint density at radius 2 is 1.30 bits per heavy atom. The minimum absolute atomic E-state index is 0. The van der Waals surface area contributed by atoms with Gasteiger partial charge in [0.1, 0.15) is 11.6 Å². The standard InChI is InChI=1S/C65H55N5.Pt/c1-39-26-29-55-50(34-39)49-28-27-43(35-57(49)70(55)58-36-44(30-31-66-58)59-41(3)32-40(2)33-42(59)4)48-22-16-25-56-62(48)68-63(69(56)47-20-14-11-15-21-47)52-38-46(64(5,6)7)37-51-60-53(23-17-24-54(60)67-61(51)52)65(8,9)45-18-12-10-13-19-45;/h10-34,36-38H,1-9H3;/q-2;+2. The molecule has 0 bridgehead atoms. The summed E-state index contributed by atoms with van der Waals surface area (Å²) in [5.41, 5.74) is 20.7. The largest absolute Gasteiger partial charge is 2.00 e. The summed E-state index contributed by atoms with van der Waals surface area (Å²) in [5.74, 6) is 1.71. The average molecular weight is 1100 g/mol. The molecule has 0 aliphatic carbocycles. The molecule has 0 radical (unpaired) electrons. The predicted molar refractivity (Wildman–Crippen MR) is 293 cm³/mol. The Labute approximate surface area is 430 Å². The third-order valence-corrected chi connectivity index (χ3v) is 14.7. The molecule has 0 N–H and O–H groups in total. The van der Waals surface area contributed by atoms with Crippen LogP contribution in [0.2, 0.25) is 0 Å². The second-order valence-corrected chi connectivity index (χ2v) is 20.9. The Balaban J connectivity index is 0.00000547. The SMILES string of the molecule is Cc1cc(C)c(-c2ccnc(-n3c4[c-]c(-c5cccc6c5nc(-c5cc(C(C)(C)C)cc7c5[n-]c5cccc(C(C)(C)c8ccccc8)c57)n6-c5ccccc5)ccc4c4cc(C)ccc43)c2)c(C)c1.[Pt+2]. The number of rotatable bonds is 7. The molecule has 8 aromatic carbocycles. The van der Waals surface area contributed by atoms with E-state index in [0.29, 0.717) is 0 Å². The van der Waals surface area contributed by atoms with Crippen LogP contribution in [0.25, 0.3) is 99.8 Å². The van der Waals surface area contributed by atoms with Gasteiger partial charge in [-0.25, -0.2) is 9.97 Å². The Bertz CT molecular complexity index is 4030. The maximum Gasteiger partial charge on any atom is 2.00 e. The summed E-state index contributed by atoms with van der Waals surface area (Å²) in [5, 5.41) is 4.65. The summed E-state index contributed by atoms with van der Waals surface area (Å²) < 4.78 is 4.62. The molecular weight excluding hydrogens is 1050 g/mol. The molecule has 12 aromatic rings. The van der Waals surface area contributed by atoms with E-state index >= 15 is 0 Å². The summed E-state index contributed by atoms with van der Waals surface area (Å²) in [4.78, 5) is 16.4. The van der Waals surface area contributed by atoms with Crippen LogP contribution in [-0.4, -0.2) is 19.1 Å². The topological polar surface area (TPSA) is 49.7 Å². The number of hydrogen-bond donors (Lipinski definition) is 0. The van der Waals surface area contributed by atoms with Gasteiger partial charge in [0.25, 0.3) is 0 Å². The van der Waals surface area contributed by atoms with E-state index in [2.05, 4.69) is 241 Å². The van der Waals surface area contributed by atoms with Gasteiger partial charge in [0.15, 0.2) is 0 Å². The first kappa shape index (κ1) is 46.1. The van der Waals surface area contributed by atoms with Gasteiger partial charge < -0.3 is 9.55 Å². The van der Waals surface area contributed by atoms with Gasteiger partial charge in [-0.05, 0) is 136 Å². The maximum atomic E-state index is 5.76. The normalized spacial score (nSPS) is 12.2. The molecule has 0 spiro atoms. The van der Waals surface area contributed by atoms with Gasteiger partial charge in [0.05, 0.1) is 11.0 Å². The quantitative estimate of drug-likeness (QED) is 0.149. The number of aromatic nitrogens is 5. The van der Waals surface area contributed by atoms with Crippen molar-refractivity contribution in [2.45, 2.75) is 73.1 Å². The van der Waals surface area contributed by atoms with Crippen LogP contribution in [0, 0.1) is 33.8 Å². The second kappa shape index (κ2) is 17.2. The fourth-order valence-corrected chi connectivity index (χ4v) is 11.2. The van der Waals surface area contributed by atoms with Gasteiger partial charge in [-0.1, -0.05) is 166 Å². The Hall–Kier alpha value is -7.33. The fraction of sp³-hybridized carbons (Fsp3) is 0.169. The van der Waals surface area contributed by atoms with Crippen LogP contribution in [0.3, 0.4) is 0 Å². The summed E-state index contributed by atoms with van der Waals surface area (Å²) in [6.07, 6.45) is 1.94. The summed E-state index contributed by atoms with van der Waals surface area (Å²) >= 11 is 0. The van der Waals surface area contributed by atoms with E-state index in [1.165, 1.54) is 55.3 Å². The number of aryl methyl sites for hydroxylation is 4. The first-order valence-electron chi connectivity index (χ1n) is 24.4. The van der Waals surface area contributed by atoms with Crippen LogP contribution in [0.4, 0.5) is 0 Å². The zero-order valence-electron chi connectivity index (χ0n) is 41.7. The molecule has 71 heavy (non-hydrogen) atoms. The van der Waals surface area contributed by atoms with Crippen LogP contribution in [-0.2, 0) is 31.9 Å². The molecule has 0 saturated carbocycles. The zero-order chi connectivity index (χ0) is 48.2. The van der Waals surface area contributed by atoms with E-state index < -0.39 is 0 Å². The van der Waals surface area contributed by atoms with E-state index in [1.54, 1.807) is 0 Å². The Kier molecular flexibility index (Phi) is 11.2. The molecule has 0 unspecified atom stereocenters. The van der Waals surface area contributed by atoms with Crippen molar-refractivity contribution in [3.8, 4) is 45.1 Å². The molecule has 0 saturated heterocycles. The summed E-state index contributed by atoms with van der Waals surface area (Å²) in [6.45, 7) is 20.3. The van der Waals surface area contributed by atoms with Crippen molar-refractivity contribution < 1.29 is 21.1 Å². The number of para-hydroxylation sites is 2. The van der Waals surface area contributed by atoms with Gasteiger partial charge in [-0.3, -0.25) is 4.57 Å². The van der Waals surface area contributed by atoms with Crippen LogP contribution < -0.4 is 4.98 Å². The van der Waals surface area contributed by atoms with Crippen molar-refractivity contribution in [3.05, 3.63) is 215 Å². The van der Waals surface area contributed by atoms with E-state index in [4.69, 9.17) is 15.0 Å². The molecule has 4 heterocycles. The monoisotopic (exact) mass is 1100 g/mol. The smallest absolute Gasteiger partial charge is 0.656 e. The minimum Gasteiger partial charge on any atom is -0.656 e. The Morgan fingerprint density at radius 1 is 0.563 bits per heavy atom. The molecule has 0 atom stereocenters. The molecule has 5 nitrogen and oxygen atoms in total. The molecule has 4 aromatic heterocycles. The van der Waals surface area contributed by atoms with Crippen LogP contribution >= 0.6 is 0 Å². The van der Waals surface area contributed by atoms with E-state index in [-0.39, 0.29) is 31.9 Å². The third-order valence-electron chi connectivity index (χ3n) is 14.7. The van der Waals surface area contributed by atoms with Gasteiger partial charge in [-0.15, -0.1) is 34.8 Å². The third kappa shape index (κ3) is 7.56.